The fourth-order valence-electron chi connectivity index (χ4n) is 2.62. The number of hydrogen-bond donors (Lipinski definition) is 2. The first-order valence-electron chi connectivity index (χ1n) is 7.05. The van der Waals surface area contributed by atoms with E-state index < -0.39 is 5.97 Å². The highest BCUT2D eigenvalue weighted by molar-refractivity contribution is 5.85. The van der Waals surface area contributed by atoms with Crippen molar-refractivity contribution in [3.63, 3.8) is 0 Å². The molecule has 0 spiro atoms. The van der Waals surface area contributed by atoms with Gasteiger partial charge in [-0.1, -0.05) is 13.8 Å². The van der Waals surface area contributed by atoms with Gasteiger partial charge >= 0.3 is 5.97 Å². The van der Waals surface area contributed by atoms with Crippen LogP contribution >= 0.6 is 0 Å². The summed E-state index contributed by atoms with van der Waals surface area (Å²) in [6.45, 7) is 4.97. The molecule has 1 aromatic heterocycles. The quantitative estimate of drug-likeness (QED) is 0.860. The van der Waals surface area contributed by atoms with Crippen molar-refractivity contribution in [3.8, 4) is 0 Å². The largest absolute Gasteiger partial charge is 0.477 e. The zero-order valence-corrected chi connectivity index (χ0v) is 11.9. The van der Waals surface area contributed by atoms with Crippen molar-refractivity contribution in [3.05, 3.63) is 18.0 Å². The molecule has 1 aliphatic heterocycles. The Kier molecular flexibility index (Phi) is 4.54. The van der Waals surface area contributed by atoms with Gasteiger partial charge in [0.05, 0.1) is 5.60 Å². The Morgan fingerprint density at radius 1 is 1.55 bits per heavy atom. The van der Waals surface area contributed by atoms with Crippen LogP contribution in [-0.4, -0.2) is 39.3 Å². The average Bonchev–Trinajstić information content (AvgIpc) is 2.47. The number of aromatic nitrogens is 2. The standard InChI is InChI=1S/C14H21N3O3/c1-3-14(4-2)9-10(6-8-20-14)16-13-15-7-5-11(17-13)12(18)19/h5,7,10H,3-4,6,8-9H2,1-2H3,(H,18,19)(H,15,16,17). The minimum absolute atomic E-state index is 0.00630. The molecule has 1 aromatic rings. The van der Waals surface area contributed by atoms with Gasteiger partial charge < -0.3 is 15.2 Å². The molecular formula is C14H21N3O3. The summed E-state index contributed by atoms with van der Waals surface area (Å²) < 4.78 is 5.92. The predicted octanol–water partition coefficient (Wildman–Crippen LogP) is 2.32. The molecule has 0 aliphatic carbocycles. The van der Waals surface area contributed by atoms with Crippen molar-refractivity contribution in [2.24, 2.45) is 0 Å². The molecule has 1 unspecified atom stereocenters. The van der Waals surface area contributed by atoms with E-state index >= 15 is 0 Å². The lowest BCUT2D eigenvalue weighted by molar-refractivity contribution is -0.0865. The highest BCUT2D eigenvalue weighted by Crippen LogP contribution is 2.32. The first-order valence-corrected chi connectivity index (χ1v) is 7.05. The van der Waals surface area contributed by atoms with Gasteiger partial charge in [-0.3, -0.25) is 0 Å². The molecule has 2 heterocycles. The molecule has 2 rings (SSSR count). The van der Waals surface area contributed by atoms with Crippen molar-refractivity contribution < 1.29 is 14.6 Å². The van der Waals surface area contributed by atoms with Gasteiger partial charge in [-0.2, -0.15) is 0 Å². The van der Waals surface area contributed by atoms with E-state index in [1.54, 1.807) is 0 Å². The summed E-state index contributed by atoms with van der Waals surface area (Å²) in [5.41, 5.74) is -0.0767. The van der Waals surface area contributed by atoms with Gasteiger partial charge in [0.1, 0.15) is 0 Å². The van der Waals surface area contributed by atoms with Crippen LogP contribution in [0.5, 0.6) is 0 Å². The molecule has 1 saturated heterocycles. The molecule has 1 fully saturated rings. The topological polar surface area (TPSA) is 84.3 Å². The van der Waals surface area contributed by atoms with Crippen LogP contribution in [0.3, 0.4) is 0 Å². The van der Waals surface area contributed by atoms with E-state index in [1.165, 1.54) is 12.3 Å². The van der Waals surface area contributed by atoms with Gasteiger partial charge in [-0.15, -0.1) is 0 Å². The van der Waals surface area contributed by atoms with Crippen LogP contribution in [0.1, 0.15) is 50.0 Å². The van der Waals surface area contributed by atoms with Crippen LogP contribution in [0.2, 0.25) is 0 Å². The minimum atomic E-state index is -1.04. The maximum absolute atomic E-state index is 10.9. The number of nitrogens with one attached hydrogen (secondary N) is 1. The molecule has 110 valence electrons. The summed E-state index contributed by atoms with van der Waals surface area (Å²) in [5.74, 6) is -0.670. The molecule has 0 aromatic carbocycles. The first-order chi connectivity index (χ1) is 9.58. The molecule has 2 N–H and O–H groups in total. The Bertz CT molecular complexity index is 474. The Labute approximate surface area is 118 Å². The third kappa shape index (κ3) is 3.25. The average molecular weight is 279 g/mol. The molecule has 20 heavy (non-hydrogen) atoms. The van der Waals surface area contributed by atoms with Gasteiger partial charge in [0.15, 0.2) is 5.69 Å². The van der Waals surface area contributed by atoms with Gasteiger partial charge in [0.25, 0.3) is 0 Å². The maximum atomic E-state index is 10.9. The number of aromatic carboxylic acids is 1. The minimum Gasteiger partial charge on any atom is -0.477 e. The van der Waals surface area contributed by atoms with E-state index in [4.69, 9.17) is 9.84 Å². The number of nitrogens with zero attached hydrogens (tertiary/aromatic N) is 2. The van der Waals surface area contributed by atoms with Crippen LogP contribution in [0.4, 0.5) is 5.95 Å². The third-order valence-electron chi connectivity index (χ3n) is 3.99. The lowest BCUT2D eigenvalue weighted by Gasteiger charge is -2.40. The van der Waals surface area contributed by atoms with Crippen molar-refractivity contribution in [2.45, 2.75) is 51.2 Å². The maximum Gasteiger partial charge on any atom is 0.354 e. The number of hydrogen-bond acceptors (Lipinski definition) is 5. The zero-order chi connectivity index (χ0) is 14.6. The molecule has 6 heteroatoms. The molecule has 0 saturated carbocycles. The second-order valence-corrected chi connectivity index (χ2v) is 5.14. The molecule has 1 aliphatic rings. The van der Waals surface area contributed by atoms with Crippen molar-refractivity contribution in [1.29, 1.82) is 0 Å². The number of ether oxygens (including phenoxy) is 1. The zero-order valence-electron chi connectivity index (χ0n) is 11.9. The lowest BCUT2D eigenvalue weighted by Crippen LogP contribution is -2.43. The van der Waals surface area contributed by atoms with E-state index in [-0.39, 0.29) is 17.3 Å². The van der Waals surface area contributed by atoms with E-state index in [1.807, 2.05) is 0 Å². The number of carboxylic acids is 1. The molecule has 1 atom stereocenters. The fourth-order valence-corrected chi connectivity index (χ4v) is 2.62. The Balaban J connectivity index is 2.06. The highest BCUT2D eigenvalue weighted by Gasteiger charge is 2.34. The summed E-state index contributed by atoms with van der Waals surface area (Å²) in [6.07, 6.45) is 5.17. The van der Waals surface area contributed by atoms with E-state index in [0.29, 0.717) is 12.6 Å². The highest BCUT2D eigenvalue weighted by atomic mass is 16.5. The smallest absolute Gasteiger partial charge is 0.354 e. The van der Waals surface area contributed by atoms with E-state index in [9.17, 15) is 4.79 Å². The van der Waals surface area contributed by atoms with Crippen LogP contribution < -0.4 is 5.32 Å². The van der Waals surface area contributed by atoms with Crippen LogP contribution in [0, 0.1) is 0 Å². The number of carbonyl (C=O) groups is 1. The summed E-state index contributed by atoms with van der Waals surface area (Å²) in [4.78, 5) is 19.0. The molecule has 0 radical (unpaired) electrons. The predicted molar refractivity (Wildman–Crippen MR) is 74.9 cm³/mol. The molecule has 6 nitrogen and oxygen atoms in total. The summed E-state index contributed by atoms with van der Waals surface area (Å²) >= 11 is 0. The number of anilines is 1. The van der Waals surface area contributed by atoms with Crippen LogP contribution in [-0.2, 0) is 4.74 Å². The van der Waals surface area contributed by atoms with Gasteiger partial charge in [0, 0.05) is 18.8 Å². The van der Waals surface area contributed by atoms with Crippen LogP contribution in [0.25, 0.3) is 0 Å². The normalized spacial score (nSPS) is 21.4. The summed E-state index contributed by atoms with van der Waals surface area (Å²) in [5, 5.41) is 12.2. The molecular weight excluding hydrogens is 258 g/mol. The number of rotatable bonds is 5. The Morgan fingerprint density at radius 3 is 2.95 bits per heavy atom. The second-order valence-electron chi connectivity index (χ2n) is 5.14. The first kappa shape index (κ1) is 14.7. The van der Waals surface area contributed by atoms with Crippen LogP contribution in [0.15, 0.2) is 12.3 Å². The monoisotopic (exact) mass is 279 g/mol. The van der Waals surface area contributed by atoms with Crippen molar-refractivity contribution in [1.82, 2.24) is 9.97 Å². The number of carboxylic acid groups (broad SMARTS) is 1. The summed E-state index contributed by atoms with van der Waals surface area (Å²) in [7, 11) is 0. The second kappa shape index (κ2) is 6.17. The van der Waals surface area contributed by atoms with Gasteiger partial charge in [-0.05, 0) is 31.7 Å². The summed E-state index contributed by atoms with van der Waals surface area (Å²) in [6, 6.07) is 1.60. The lowest BCUT2D eigenvalue weighted by atomic mass is 9.86. The SMILES string of the molecule is CCC1(CC)CC(Nc2nccc(C(=O)O)n2)CCO1. The molecule has 0 bridgehead atoms. The van der Waals surface area contributed by atoms with Crippen molar-refractivity contribution >= 4 is 11.9 Å². The van der Waals surface area contributed by atoms with Crippen molar-refractivity contribution in [2.75, 3.05) is 11.9 Å². The van der Waals surface area contributed by atoms with E-state index in [0.717, 1.165) is 25.7 Å². The third-order valence-corrected chi connectivity index (χ3v) is 3.99. The molecule has 0 amide bonds. The van der Waals surface area contributed by atoms with E-state index in [2.05, 4.69) is 29.1 Å². The fraction of sp³-hybridized carbons (Fsp3) is 0.643. The Morgan fingerprint density at radius 2 is 2.30 bits per heavy atom. The van der Waals surface area contributed by atoms with Gasteiger partial charge in [-0.25, -0.2) is 14.8 Å². The Hall–Kier alpha value is -1.69. The van der Waals surface area contributed by atoms with Gasteiger partial charge in [0.2, 0.25) is 5.95 Å².